The minimum absolute atomic E-state index is 0.0869. The quantitative estimate of drug-likeness (QED) is 0.418. The summed E-state index contributed by atoms with van der Waals surface area (Å²) < 4.78 is 26.7. The molecule has 0 aromatic carbocycles. The number of allylic oxidation sites excluding steroid dienone is 1. The Balaban J connectivity index is 4.48. The van der Waals surface area contributed by atoms with Crippen molar-refractivity contribution in [1.29, 1.82) is 0 Å². The number of hydrogen-bond acceptors (Lipinski definition) is 4. The monoisotopic (exact) mass is 394 g/mol. The second-order valence-corrected chi connectivity index (χ2v) is 8.76. The molecule has 0 aliphatic heterocycles. The fourth-order valence-corrected chi connectivity index (χ4v) is 2.61. The maximum Gasteiger partial charge on any atom is 0.307 e. The first-order valence-corrected chi connectivity index (χ1v) is 8.36. The molecule has 0 aromatic rings. The van der Waals surface area contributed by atoms with E-state index in [1.165, 1.54) is 6.08 Å². The number of ether oxygens (including phenoxy) is 1. The second kappa shape index (κ2) is 6.38. The lowest BCUT2D eigenvalue weighted by atomic mass is 10.2. The molecular weight excluding hydrogens is 379 g/mol. The van der Waals surface area contributed by atoms with Gasteiger partial charge in [0, 0.05) is 10.2 Å². The molecule has 0 unspecified atom stereocenters. The Morgan fingerprint density at radius 1 is 1.47 bits per heavy atom. The van der Waals surface area contributed by atoms with Crippen LogP contribution in [0.25, 0.3) is 0 Å². The van der Waals surface area contributed by atoms with Crippen LogP contribution in [-0.4, -0.2) is 30.2 Å². The zero-order chi connectivity index (χ0) is 13.9. The largest absolute Gasteiger partial charge is 0.460 e. The van der Waals surface area contributed by atoms with Gasteiger partial charge in [0.2, 0.25) is 0 Å². The van der Waals surface area contributed by atoms with Crippen LogP contribution in [0.4, 0.5) is 0 Å². The molecular formula is C10H16ClIO4S. The Labute approximate surface area is 121 Å². The molecule has 0 saturated carbocycles. The van der Waals surface area contributed by atoms with Crippen molar-refractivity contribution < 1.29 is 17.9 Å². The zero-order valence-corrected chi connectivity index (χ0v) is 13.9. The van der Waals surface area contributed by atoms with Gasteiger partial charge in [-0.1, -0.05) is 34.2 Å². The van der Waals surface area contributed by atoms with Gasteiger partial charge in [0.1, 0.15) is 9.97 Å². The van der Waals surface area contributed by atoms with E-state index in [1.807, 2.05) is 22.6 Å². The van der Waals surface area contributed by atoms with E-state index in [1.54, 1.807) is 20.8 Å². The summed E-state index contributed by atoms with van der Waals surface area (Å²) in [6, 6.07) is 0. The number of halogens is 2. The Morgan fingerprint density at radius 2 is 1.94 bits per heavy atom. The summed E-state index contributed by atoms with van der Waals surface area (Å²) in [5.74, 6) is -0.383. The molecule has 0 saturated heterocycles. The molecule has 0 aliphatic rings. The molecule has 0 rings (SSSR count). The molecule has 4 nitrogen and oxygen atoms in total. The highest BCUT2D eigenvalue weighted by Gasteiger charge is 2.19. The summed E-state index contributed by atoms with van der Waals surface area (Å²) in [7, 11) is -3.40. The minimum atomic E-state index is -3.40. The molecule has 1 atom stereocenters. The minimum Gasteiger partial charge on any atom is -0.460 e. The van der Waals surface area contributed by atoms with Crippen LogP contribution in [0, 0.1) is 0 Å². The highest BCUT2D eigenvalue weighted by molar-refractivity contribution is 14.1. The second-order valence-electron chi connectivity index (χ2n) is 4.55. The van der Waals surface area contributed by atoms with E-state index in [4.69, 9.17) is 16.3 Å². The predicted molar refractivity (Wildman–Crippen MR) is 77.0 cm³/mol. The molecule has 0 aliphatic carbocycles. The van der Waals surface area contributed by atoms with Crippen LogP contribution in [0.15, 0.2) is 10.4 Å². The van der Waals surface area contributed by atoms with Crippen molar-refractivity contribution in [3.05, 3.63) is 10.4 Å². The van der Waals surface area contributed by atoms with Crippen LogP contribution in [0.2, 0.25) is 0 Å². The summed E-state index contributed by atoms with van der Waals surface area (Å²) in [5, 5.41) is 0. The zero-order valence-electron chi connectivity index (χ0n) is 10.2. The fourth-order valence-electron chi connectivity index (χ4n) is 0.867. The SMILES string of the molecule is CC(C)(C)OC(=O)C[C@H](I)/C=C(\Cl)S(C)(=O)=O. The molecule has 0 aromatic heterocycles. The van der Waals surface area contributed by atoms with Gasteiger partial charge in [-0.2, -0.15) is 0 Å². The average molecular weight is 395 g/mol. The summed E-state index contributed by atoms with van der Waals surface area (Å²) in [4.78, 5) is 11.5. The molecule has 7 heteroatoms. The van der Waals surface area contributed by atoms with Gasteiger partial charge >= 0.3 is 5.97 Å². The lowest BCUT2D eigenvalue weighted by Gasteiger charge is -2.20. The molecule has 0 spiro atoms. The maximum atomic E-state index is 11.5. The smallest absolute Gasteiger partial charge is 0.307 e. The third kappa shape index (κ3) is 8.84. The normalized spacial score (nSPS) is 15.5. The molecule has 0 amide bonds. The van der Waals surface area contributed by atoms with Gasteiger partial charge in [0.25, 0.3) is 0 Å². The number of carbonyl (C=O) groups is 1. The van der Waals surface area contributed by atoms with Gasteiger partial charge in [0.05, 0.1) is 6.42 Å². The number of alkyl halides is 1. The van der Waals surface area contributed by atoms with Crippen molar-refractivity contribution in [2.75, 3.05) is 6.26 Å². The highest BCUT2D eigenvalue weighted by atomic mass is 127. The molecule has 0 heterocycles. The number of sulfone groups is 1. The number of carbonyl (C=O) groups excluding carboxylic acids is 1. The van der Waals surface area contributed by atoms with Crippen LogP contribution in [0.5, 0.6) is 0 Å². The van der Waals surface area contributed by atoms with Crippen LogP contribution in [0.3, 0.4) is 0 Å². The molecule has 0 radical (unpaired) electrons. The van der Waals surface area contributed by atoms with Gasteiger partial charge in [-0.25, -0.2) is 8.42 Å². The fraction of sp³-hybridized carbons (Fsp3) is 0.700. The number of esters is 1. The number of rotatable bonds is 4. The van der Waals surface area contributed by atoms with Gasteiger partial charge in [0.15, 0.2) is 9.84 Å². The third-order valence-corrected chi connectivity index (χ3v) is 4.06. The Bertz CT molecular complexity index is 409. The molecule has 100 valence electrons. The van der Waals surface area contributed by atoms with E-state index in [2.05, 4.69) is 0 Å². The first kappa shape index (κ1) is 17.2. The van der Waals surface area contributed by atoms with Gasteiger partial charge in [-0.15, -0.1) is 0 Å². The van der Waals surface area contributed by atoms with E-state index in [0.29, 0.717) is 0 Å². The van der Waals surface area contributed by atoms with E-state index in [-0.39, 0.29) is 20.7 Å². The van der Waals surface area contributed by atoms with Crippen LogP contribution in [-0.2, 0) is 19.4 Å². The standard InChI is InChI=1S/C10H16ClIO4S/c1-10(2,3)16-9(13)6-7(12)5-8(11)17(4,14)15/h5,7H,6H2,1-4H3/b8-5+/t7-/m1/s1. The first-order valence-electron chi connectivity index (χ1n) is 4.85. The first-order chi connectivity index (χ1) is 7.42. The summed E-state index contributed by atoms with van der Waals surface area (Å²) in [6.07, 6.45) is 2.44. The molecule has 0 N–H and O–H groups in total. The van der Waals surface area contributed by atoms with Gasteiger partial charge < -0.3 is 4.74 Å². The topological polar surface area (TPSA) is 60.4 Å². The third-order valence-electron chi connectivity index (χ3n) is 1.45. The molecule has 17 heavy (non-hydrogen) atoms. The van der Waals surface area contributed by atoms with Crippen molar-refractivity contribution in [2.24, 2.45) is 0 Å². The predicted octanol–water partition coefficient (Wildman–Crippen LogP) is 2.65. The Morgan fingerprint density at radius 3 is 2.29 bits per heavy atom. The van der Waals surface area contributed by atoms with Crippen molar-refractivity contribution in [1.82, 2.24) is 0 Å². The van der Waals surface area contributed by atoms with Crippen molar-refractivity contribution >= 4 is 50.0 Å². The van der Waals surface area contributed by atoms with E-state index in [0.717, 1.165) is 6.26 Å². The average Bonchev–Trinajstić information content (AvgIpc) is 1.96. The number of hydrogen-bond donors (Lipinski definition) is 0. The van der Waals surface area contributed by atoms with E-state index in [9.17, 15) is 13.2 Å². The molecule has 0 bridgehead atoms. The van der Waals surface area contributed by atoms with Crippen molar-refractivity contribution in [3.63, 3.8) is 0 Å². The van der Waals surface area contributed by atoms with Crippen LogP contribution >= 0.6 is 34.2 Å². The van der Waals surface area contributed by atoms with Crippen LogP contribution < -0.4 is 0 Å². The van der Waals surface area contributed by atoms with E-state index >= 15 is 0 Å². The molecule has 0 fully saturated rings. The van der Waals surface area contributed by atoms with E-state index < -0.39 is 15.4 Å². The van der Waals surface area contributed by atoms with Gasteiger partial charge in [-0.05, 0) is 26.8 Å². The highest BCUT2D eigenvalue weighted by Crippen LogP contribution is 2.19. The summed E-state index contributed by atoms with van der Waals surface area (Å²) in [6.45, 7) is 5.31. The summed E-state index contributed by atoms with van der Waals surface area (Å²) >= 11 is 7.52. The van der Waals surface area contributed by atoms with Gasteiger partial charge in [-0.3, -0.25) is 4.79 Å². The maximum absolute atomic E-state index is 11.5. The van der Waals surface area contributed by atoms with Crippen molar-refractivity contribution in [3.8, 4) is 0 Å². The Hall–Kier alpha value is 0.180. The van der Waals surface area contributed by atoms with Crippen LogP contribution in [0.1, 0.15) is 27.2 Å². The Kier molecular flexibility index (Phi) is 6.44. The lowest BCUT2D eigenvalue weighted by Crippen LogP contribution is -2.25. The lowest BCUT2D eigenvalue weighted by molar-refractivity contribution is -0.154. The summed E-state index contributed by atoms with van der Waals surface area (Å²) in [5.41, 5.74) is -0.544. The van der Waals surface area contributed by atoms with Crippen molar-refractivity contribution in [2.45, 2.75) is 36.7 Å².